The summed E-state index contributed by atoms with van der Waals surface area (Å²) in [5.41, 5.74) is 6.32. The Morgan fingerprint density at radius 2 is 1.83 bits per heavy atom. The number of morpholine rings is 1. The Balaban J connectivity index is 1.86. The molecule has 3 rings (SSSR count). The summed E-state index contributed by atoms with van der Waals surface area (Å²) in [6, 6.07) is 12.8. The first kappa shape index (κ1) is 20.8. The Bertz CT molecular complexity index is 1000. The van der Waals surface area contributed by atoms with Crippen molar-refractivity contribution in [2.45, 2.75) is 4.90 Å². The van der Waals surface area contributed by atoms with Crippen LogP contribution in [-0.4, -0.2) is 57.9 Å². The van der Waals surface area contributed by atoms with Crippen molar-refractivity contribution in [1.29, 1.82) is 0 Å². The van der Waals surface area contributed by atoms with Crippen LogP contribution in [0.25, 0.3) is 0 Å². The molecule has 2 aromatic carbocycles. The van der Waals surface area contributed by atoms with Gasteiger partial charge in [0.2, 0.25) is 10.0 Å². The van der Waals surface area contributed by atoms with Gasteiger partial charge in [0.15, 0.2) is 5.84 Å². The summed E-state index contributed by atoms with van der Waals surface area (Å²) in [5, 5.41) is 3.64. The van der Waals surface area contributed by atoms with E-state index < -0.39 is 16.0 Å². The van der Waals surface area contributed by atoms with Crippen LogP contribution in [0.3, 0.4) is 0 Å². The second-order valence-electron chi connectivity index (χ2n) is 6.10. The van der Waals surface area contributed by atoms with Gasteiger partial charge in [0.25, 0.3) is 0 Å². The van der Waals surface area contributed by atoms with Crippen molar-refractivity contribution >= 4 is 21.8 Å². The highest BCUT2D eigenvalue weighted by molar-refractivity contribution is 7.89. The number of hydrogen-bond acceptors (Lipinski definition) is 7. The van der Waals surface area contributed by atoms with Gasteiger partial charge < -0.3 is 20.0 Å². The molecule has 29 heavy (non-hydrogen) atoms. The van der Waals surface area contributed by atoms with Crippen LogP contribution in [0.1, 0.15) is 15.9 Å². The van der Waals surface area contributed by atoms with E-state index in [2.05, 4.69) is 5.16 Å². The van der Waals surface area contributed by atoms with Crippen molar-refractivity contribution in [2.75, 3.05) is 33.4 Å². The van der Waals surface area contributed by atoms with Crippen molar-refractivity contribution in [3.8, 4) is 5.75 Å². The minimum absolute atomic E-state index is 0.00927. The summed E-state index contributed by atoms with van der Waals surface area (Å²) < 4.78 is 37.3. The molecule has 2 N–H and O–H groups in total. The third-order valence-corrected chi connectivity index (χ3v) is 6.19. The van der Waals surface area contributed by atoms with Gasteiger partial charge in [0.05, 0.1) is 25.2 Å². The summed E-state index contributed by atoms with van der Waals surface area (Å²) in [6.07, 6.45) is 0. The number of benzene rings is 2. The molecule has 1 heterocycles. The van der Waals surface area contributed by atoms with Gasteiger partial charge in [0, 0.05) is 18.7 Å². The first-order valence-corrected chi connectivity index (χ1v) is 10.2. The second-order valence-corrected chi connectivity index (χ2v) is 8.04. The first-order valence-electron chi connectivity index (χ1n) is 8.79. The quantitative estimate of drug-likeness (QED) is 0.323. The van der Waals surface area contributed by atoms with Crippen molar-refractivity contribution in [3.63, 3.8) is 0 Å². The van der Waals surface area contributed by atoms with Crippen LogP contribution in [0.2, 0.25) is 0 Å². The van der Waals surface area contributed by atoms with Gasteiger partial charge in [0.1, 0.15) is 11.3 Å². The highest BCUT2D eigenvalue weighted by Crippen LogP contribution is 2.26. The summed E-state index contributed by atoms with van der Waals surface area (Å²) in [6.45, 7) is 1.12. The van der Waals surface area contributed by atoms with E-state index >= 15 is 0 Å². The number of amidine groups is 1. The molecular formula is C19H21N3O6S. The average molecular weight is 419 g/mol. The van der Waals surface area contributed by atoms with Crippen LogP contribution in [0.15, 0.2) is 58.6 Å². The van der Waals surface area contributed by atoms with E-state index in [1.165, 1.54) is 29.6 Å². The number of methoxy groups -OCH3 is 1. The molecule has 9 nitrogen and oxygen atoms in total. The number of rotatable bonds is 6. The van der Waals surface area contributed by atoms with E-state index in [-0.39, 0.29) is 35.1 Å². The minimum Gasteiger partial charge on any atom is -0.496 e. The van der Waals surface area contributed by atoms with Gasteiger partial charge in [-0.2, -0.15) is 4.31 Å². The van der Waals surface area contributed by atoms with Gasteiger partial charge in [-0.15, -0.1) is 0 Å². The molecule has 0 radical (unpaired) electrons. The zero-order valence-corrected chi connectivity index (χ0v) is 16.6. The molecule has 1 saturated heterocycles. The molecule has 1 fully saturated rings. The number of nitrogens with two attached hydrogens (primary N) is 1. The van der Waals surface area contributed by atoms with Crippen LogP contribution in [0.5, 0.6) is 5.75 Å². The Morgan fingerprint density at radius 1 is 1.14 bits per heavy atom. The van der Waals surface area contributed by atoms with Crippen molar-refractivity contribution in [3.05, 3.63) is 59.7 Å². The van der Waals surface area contributed by atoms with Gasteiger partial charge in [-0.05, 0) is 18.2 Å². The normalized spacial score (nSPS) is 15.7. The zero-order chi connectivity index (χ0) is 20.9. The van der Waals surface area contributed by atoms with Crippen LogP contribution >= 0.6 is 0 Å². The fourth-order valence-corrected chi connectivity index (χ4v) is 4.18. The molecule has 154 valence electrons. The lowest BCUT2D eigenvalue weighted by Crippen LogP contribution is -2.40. The SMILES string of the molecule is COc1ccc(S(=O)(=O)N2CCOCC2)cc1C(=O)O/N=C(\N)c1ccccc1. The van der Waals surface area contributed by atoms with Gasteiger partial charge in [-0.3, -0.25) is 0 Å². The Morgan fingerprint density at radius 3 is 2.48 bits per heavy atom. The van der Waals surface area contributed by atoms with Crippen molar-refractivity contribution in [2.24, 2.45) is 10.9 Å². The fourth-order valence-electron chi connectivity index (χ4n) is 2.74. The number of ether oxygens (including phenoxy) is 2. The molecule has 0 aliphatic carbocycles. The lowest BCUT2D eigenvalue weighted by atomic mass is 10.2. The van der Waals surface area contributed by atoms with E-state index in [4.69, 9.17) is 20.0 Å². The lowest BCUT2D eigenvalue weighted by molar-refractivity contribution is 0.0512. The molecule has 10 heteroatoms. The molecule has 0 atom stereocenters. The molecular weight excluding hydrogens is 398 g/mol. The van der Waals surface area contributed by atoms with Gasteiger partial charge >= 0.3 is 5.97 Å². The summed E-state index contributed by atoms with van der Waals surface area (Å²) in [5.74, 6) is -0.723. The van der Waals surface area contributed by atoms with Crippen LogP contribution in [0, 0.1) is 0 Å². The number of carbonyl (C=O) groups excluding carboxylic acids is 1. The monoisotopic (exact) mass is 419 g/mol. The van der Waals surface area contributed by atoms with Gasteiger partial charge in [-0.25, -0.2) is 13.2 Å². The Hall–Kier alpha value is -2.95. The van der Waals surface area contributed by atoms with Crippen molar-refractivity contribution in [1.82, 2.24) is 4.31 Å². The van der Waals surface area contributed by atoms with Crippen molar-refractivity contribution < 1.29 is 27.5 Å². The number of oxime groups is 1. The van der Waals surface area contributed by atoms with Crippen LogP contribution in [-0.2, 0) is 19.6 Å². The first-order chi connectivity index (χ1) is 13.9. The number of nitrogens with zero attached hydrogens (tertiary/aromatic N) is 2. The van der Waals surface area contributed by atoms with Crippen LogP contribution in [0.4, 0.5) is 0 Å². The topological polar surface area (TPSA) is 121 Å². The lowest BCUT2D eigenvalue weighted by Gasteiger charge is -2.26. The van der Waals surface area contributed by atoms with E-state index in [9.17, 15) is 13.2 Å². The molecule has 0 bridgehead atoms. The Kier molecular flexibility index (Phi) is 6.47. The smallest absolute Gasteiger partial charge is 0.369 e. The summed E-state index contributed by atoms with van der Waals surface area (Å²) in [7, 11) is -2.42. The number of carbonyl (C=O) groups is 1. The number of hydrogen-bond donors (Lipinski definition) is 1. The maximum absolute atomic E-state index is 12.8. The average Bonchev–Trinajstić information content (AvgIpc) is 2.77. The number of sulfonamides is 1. The molecule has 0 spiro atoms. The predicted molar refractivity (Wildman–Crippen MR) is 105 cm³/mol. The van der Waals surface area contributed by atoms with E-state index in [1.54, 1.807) is 24.3 Å². The largest absolute Gasteiger partial charge is 0.496 e. The molecule has 2 aromatic rings. The zero-order valence-electron chi connectivity index (χ0n) is 15.8. The standard InChI is InChI=1S/C19H21N3O6S/c1-26-17-8-7-15(29(24,25)22-9-11-27-12-10-22)13-16(17)19(23)28-21-18(20)14-5-3-2-4-6-14/h2-8,13H,9-12H2,1H3,(H2,20,21). The highest BCUT2D eigenvalue weighted by Gasteiger charge is 2.28. The van der Waals surface area contributed by atoms with E-state index in [0.717, 1.165) is 0 Å². The summed E-state index contributed by atoms with van der Waals surface area (Å²) >= 11 is 0. The third kappa shape index (κ3) is 4.73. The van der Waals surface area contributed by atoms with Crippen LogP contribution < -0.4 is 10.5 Å². The van der Waals surface area contributed by atoms with Gasteiger partial charge in [-0.1, -0.05) is 35.5 Å². The predicted octanol–water partition coefficient (Wildman–Crippen LogP) is 1.19. The maximum Gasteiger partial charge on any atom is 0.369 e. The molecule has 1 aliphatic rings. The van der Waals surface area contributed by atoms with E-state index in [0.29, 0.717) is 18.8 Å². The minimum atomic E-state index is -3.79. The molecule has 1 aliphatic heterocycles. The van der Waals surface area contributed by atoms with E-state index in [1.807, 2.05) is 6.07 Å². The highest BCUT2D eigenvalue weighted by atomic mass is 32.2. The Labute approximate surface area is 168 Å². The maximum atomic E-state index is 12.8. The molecule has 0 aromatic heterocycles. The third-order valence-electron chi connectivity index (χ3n) is 4.30. The molecule has 0 saturated carbocycles. The fraction of sp³-hybridized carbons (Fsp3) is 0.263. The molecule has 0 unspecified atom stereocenters. The summed E-state index contributed by atoms with van der Waals surface area (Å²) in [4.78, 5) is 17.4. The second kappa shape index (κ2) is 9.03. The molecule has 0 amide bonds.